The molecule has 1 aromatic rings. The summed E-state index contributed by atoms with van der Waals surface area (Å²) < 4.78 is 81.0. The van der Waals surface area contributed by atoms with E-state index in [0.717, 1.165) is 0 Å². The molecule has 172 valence electrons. The Bertz CT molecular complexity index is 661. The Balaban J connectivity index is 2.18. The first kappa shape index (κ1) is 26.3. The van der Waals surface area contributed by atoms with Gasteiger partial charge in [0.15, 0.2) is 17.5 Å². The minimum absolute atomic E-state index is 0.0490. The van der Waals surface area contributed by atoms with Gasteiger partial charge in [-0.15, -0.1) is 0 Å². The Morgan fingerprint density at radius 3 is 1.73 bits per heavy atom. The van der Waals surface area contributed by atoms with Gasteiger partial charge in [-0.2, -0.15) is 4.39 Å². The minimum atomic E-state index is -1.78. The van der Waals surface area contributed by atoms with E-state index in [9.17, 15) is 17.6 Å². The van der Waals surface area contributed by atoms with Crippen LogP contribution in [0.15, 0.2) is 12.3 Å². The van der Waals surface area contributed by atoms with Crippen LogP contribution in [0.25, 0.3) is 0 Å². The van der Waals surface area contributed by atoms with Crippen LogP contribution in [-0.2, 0) is 25.4 Å². The first-order valence-corrected chi connectivity index (χ1v) is 9.65. The van der Waals surface area contributed by atoms with E-state index >= 15 is 0 Å². The smallest absolute Gasteiger partial charge is 0.207 e. The zero-order valence-corrected chi connectivity index (χ0v) is 17.1. The fraction of sp³-hybridized carbons (Fsp3) is 0.600. The summed E-state index contributed by atoms with van der Waals surface area (Å²) in [5, 5.41) is 0. The van der Waals surface area contributed by atoms with Crippen molar-refractivity contribution in [3.63, 3.8) is 0 Å². The number of hydrogen-bond donors (Lipinski definition) is 1. The standard InChI is InChI=1S/C20H29F4NO5/c1-3-15-16(21)18(23)19(24)20(17(15)22)30-14(2)4-6-26-8-10-28-12-13-29-11-9-27-7-5-25/h2-13,25H2,1H3. The van der Waals surface area contributed by atoms with Gasteiger partial charge < -0.3 is 29.4 Å². The lowest BCUT2D eigenvalue weighted by molar-refractivity contribution is -0.00112. The molecular formula is C20H29F4NO5. The lowest BCUT2D eigenvalue weighted by Gasteiger charge is -2.14. The van der Waals surface area contributed by atoms with Gasteiger partial charge in [-0.25, -0.2) is 13.2 Å². The molecule has 0 aliphatic heterocycles. The molecule has 0 saturated carbocycles. The third-order valence-corrected chi connectivity index (χ3v) is 3.82. The topological polar surface area (TPSA) is 72.2 Å². The summed E-state index contributed by atoms with van der Waals surface area (Å²) in [5.74, 6) is -7.40. The van der Waals surface area contributed by atoms with Gasteiger partial charge in [0.05, 0.1) is 58.6 Å². The molecule has 1 aromatic carbocycles. The molecule has 0 aliphatic carbocycles. The fourth-order valence-electron chi connectivity index (χ4n) is 2.28. The summed E-state index contributed by atoms with van der Waals surface area (Å²) in [4.78, 5) is 0. The van der Waals surface area contributed by atoms with E-state index in [1.165, 1.54) is 6.92 Å². The van der Waals surface area contributed by atoms with Gasteiger partial charge in [0, 0.05) is 18.5 Å². The summed E-state index contributed by atoms with van der Waals surface area (Å²) in [6.45, 7) is 8.40. The van der Waals surface area contributed by atoms with Crippen molar-refractivity contribution < 1.29 is 41.2 Å². The lowest BCUT2D eigenvalue weighted by atomic mass is 10.1. The minimum Gasteiger partial charge on any atom is -0.456 e. The van der Waals surface area contributed by atoms with Crippen LogP contribution in [0.3, 0.4) is 0 Å². The van der Waals surface area contributed by atoms with Crippen LogP contribution in [0.4, 0.5) is 17.6 Å². The number of nitrogens with two attached hydrogens (primary N) is 1. The summed E-state index contributed by atoms with van der Waals surface area (Å²) in [5.41, 5.74) is 4.69. The molecule has 0 spiro atoms. The monoisotopic (exact) mass is 439 g/mol. The van der Waals surface area contributed by atoms with Gasteiger partial charge in [-0.3, -0.25) is 0 Å². The molecule has 0 aliphatic rings. The largest absolute Gasteiger partial charge is 0.456 e. The van der Waals surface area contributed by atoms with Gasteiger partial charge >= 0.3 is 0 Å². The highest BCUT2D eigenvalue weighted by molar-refractivity contribution is 5.36. The fourth-order valence-corrected chi connectivity index (χ4v) is 2.28. The van der Waals surface area contributed by atoms with Crippen molar-refractivity contribution in [1.29, 1.82) is 0 Å². The van der Waals surface area contributed by atoms with Crippen LogP contribution in [0, 0.1) is 23.3 Å². The van der Waals surface area contributed by atoms with Crippen molar-refractivity contribution in [2.45, 2.75) is 19.8 Å². The number of halogens is 4. The molecule has 0 radical (unpaired) electrons. The molecule has 2 N–H and O–H groups in total. The Kier molecular flexibility index (Phi) is 13.3. The van der Waals surface area contributed by atoms with Gasteiger partial charge in [-0.05, 0) is 6.42 Å². The molecule has 30 heavy (non-hydrogen) atoms. The predicted octanol–water partition coefficient (Wildman–Crippen LogP) is 3.11. The molecule has 10 heteroatoms. The van der Waals surface area contributed by atoms with Crippen LogP contribution in [0.1, 0.15) is 18.9 Å². The Morgan fingerprint density at radius 2 is 1.23 bits per heavy atom. The van der Waals surface area contributed by atoms with E-state index in [0.29, 0.717) is 46.2 Å². The van der Waals surface area contributed by atoms with Crippen LogP contribution in [0.2, 0.25) is 0 Å². The summed E-state index contributed by atoms with van der Waals surface area (Å²) in [6.07, 6.45) is -0.0564. The number of rotatable bonds is 17. The van der Waals surface area contributed by atoms with E-state index in [-0.39, 0.29) is 31.8 Å². The van der Waals surface area contributed by atoms with E-state index in [1.807, 2.05) is 0 Å². The van der Waals surface area contributed by atoms with Crippen molar-refractivity contribution in [2.24, 2.45) is 5.73 Å². The van der Waals surface area contributed by atoms with Crippen molar-refractivity contribution in [2.75, 3.05) is 59.4 Å². The maximum absolute atomic E-state index is 14.1. The highest BCUT2D eigenvalue weighted by atomic mass is 19.2. The summed E-state index contributed by atoms with van der Waals surface area (Å²) >= 11 is 0. The Labute approximate surface area is 173 Å². The molecule has 6 nitrogen and oxygen atoms in total. The van der Waals surface area contributed by atoms with Gasteiger partial charge in [0.25, 0.3) is 0 Å². The number of ether oxygens (including phenoxy) is 5. The molecule has 0 aromatic heterocycles. The van der Waals surface area contributed by atoms with E-state index in [4.69, 9.17) is 29.4 Å². The average Bonchev–Trinajstić information content (AvgIpc) is 2.73. The second-order valence-corrected chi connectivity index (χ2v) is 6.05. The van der Waals surface area contributed by atoms with Gasteiger partial charge in [0.1, 0.15) is 0 Å². The van der Waals surface area contributed by atoms with E-state index in [1.54, 1.807) is 0 Å². The van der Waals surface area contributed by atoms with Crippen molar-refractivity contribution in [3.05, 3.63) is 41.2 Å². The molecule has 0 atom stereocenters. The Hall–Kier alpha value is -1.72. The van der Waals surface area contributed by atoms with Crippen molar-refractivity contribution >= 4 is 0 Å². The maximum atomic E-state index is 14.1. The van der Waals surface area contributed by atoms with Crippen LogP contribution >= 0.6 is 0 Å². The quantitative estimate of drug-likeness (QED) is 0.132. The van der Waals surface area contributed by atoms with Gasteiger partial charge in [0.2, 0.25) is 11.6 Å². The first-order valence-electron chi connectivity index (χ1n) is 9.65. The molecule has 1 rings (SSSR count). The van der Waals surface area contributed by atoms with Crippen LogP contribution in [-0.4, -0.2) is 59.4 Å². The molecular weight excluding hydrogens is 410 g/mol. The average molecular weight is 439 g/mol. The van der Waals surface area contributed by atoms with Crippen molar-refractivity contribution in [3.8, 4) is 5.75 Å². The molecule has 0 amide bonds. The SMILES string of the molecule is C=C(CCOCCOCCOCCOCCN)Oc1c(F)c(F)c(F)c(CC)c1F. The van der Waals surface area contributed by atoms with E-state index < -0.39 is 34.6 Å². The highest BCUT2D eigenvalue weighted by Crippen LogP contribution is 2.31. The third-order valence-electron chi connectivity index (χ3n) is 3.82. The third kappa shape index (κ3) is 8.97. The number of hydrogen-bond acceptors (Lipinski definition) is 6. The molecule has 0 fully saturated rings. The summed E-state index contributed by atoms with van der Waals surface area (Å²) in [6, 6.07) is 0. The number of benzene rings is 1. The van der Waals surface area contributed by atoms with Crippen LogP contribution in [0.5, 0.6) is 5.75 Å². The Morgan fingerprint density at radius 1 is 0.733 bits per heavy atom. The molecule has 0 heterocycles. The van der Waals surface area contributed by atoms with Crippen LogP contribution < -0.4 is 10.5 Å². The van der Waals surface area contributed by atoms with E-state index in [2.05, 4.69) is 6.58 Å². The van der Waals surface area contributed by atoms with Gasteiger partial charge in [-0.1, -0.05) is 13.5 Å². The summed E-state index contributed by atoms with van der Waals surface area (Å²) in [7, 11) is 0. The second-order valence-electron chi connectivity index (χ2n) is 6.05. The zero-order chi connectivity index (χ0) is 22.4. The molecule has 0 bridgehead atoms. The predicted molar refractivity (Wildman–Crippen MR) is 102 cm³/mol. The second kappa shape index (κ2) is 15.1. The normalized spacial score (nSPS) is 11.1. The lowest BCUT2D eigenvalue weighted by Crippen LogP contribution is -2.14. The van der Waals surface area contributed by atoms with Crippen molar-refractivity contribution in [1.82, 2.24) is 0 Å². The zero-order valence-electron chi connectivity index (χ0n) is 17.1. The molecule has 0 unspecified atom stereocenters. The molecule has 0 saturated heterocycles. The highest BCUT2D eigenvalue weighted by Gasteiger charge is 2.26. The maximum Gasteiger partial charge on any atom is 0.207 e. The first-order chi connectivity index (χ1) is 14.4.